The van der Waals surface area contributed by atoms with E-state index in [1.165, 1.54) is 65.5 Å². The van der Waals surface area contributed by atoms with Crippen LogP contribution in [0.5, 0.6) is 0 Å². The molecule has 1 aliphatic rings. The average molecular weight is 431 g/mol. The van der Waals surface area contributed by atoms with E-state index in [1.807, 2.05) is 24.5 Å². The van der Waals surface area contributed by atoms with Crippen LogP contribution in [0.1, 0.15) is 0 Å². The van der Waals surface area contributed by atoms with Gasteiger partial charge in [0, 0.05) is 28.9 Å². The zero-order valence-corrected chi connectivity index (χ0v) is 18.3. The van der Waals surface area contributed by atoms with Gasteiger partial charge in [0.15, 0.2) is 0 Å². The van der Waals surface area contributed by atoms with Crippen LogP contribution >= 0.6 is 0 Å². The summed E-state index contributed by atoms with van der Waals surface area (Å²) in [5.74, 6) is 0. The highest BCUT2D eigenvalue weighted by molar-refractivity contribution is 6.28. The summed E-state index contributed by atoms with van der Waals surface area (Å²) in [5, 5.41) is 8.85. The molecule has 0 N–H and O–H groups in total. The minimum absolute atomic E-state index is 1.02. The molecule has 2 heterocycles. The van der Waals surface area contributed by atoms with Crippen LogP contribution in [0.15, 0.2) is 109 Å². The summed E-state index contributed by atoms with van der Waals surface area (Å²) < 4.78 is 0. The lowest BCUT2D eigenvalue weighted by Crippen LogP contribution is -1.89. The number of benzene rings is 5. The van der Waals surface area contributed by atoms with Gasteiger partial charge >= 0.3 is 0 Å². The van der Waals surface area contributed by atoms with Crippen molar-refractivity contribution in [3.05, 3.63) is 109 Å². The van der Waals surface area contributed by atoms with Crippen LogP contribution in [0.25, 0.3) is 76.7 Å². The molecule has 156 valence electrons. The topological polar surface area (TPSA) is 25.8 Å². The predicted octanol–water partition coefficient (Wildman–Crippen LogP) is 8.40. The van der Waals surface area contributed by atoms with Gasteiger partial charge in [-0.2, -0.15) is 0 Å². The van der Waals surface area contributed by atoms with E-state index in [9.17, 15) is 0 Å². The van der Waals surface area contributed by atoms with Crippen LogP contribution in [0, 0.1) is 0 Å². The molecule has 7 aromatic rings. The van der Waals surface area contributed by atoms with Crippen molar-refractivity contribution in [3.63, 3.8) is 0 Å². The third-order valence-corrected chi connectivity index (χ3v) is 7.29. The van der Waals surface area contributed by atoms with Crippen LogP contribution in [-0.2, 0) is 0 Å². The number of rotatable bonds is 1. The number of nitrogens with zero attached hydrogens (tertiary/aromatic N) is 2. The fourth-order valence-corrected chi connectivity index (χ4v) is 5.87. The largest absolute Gasteiger partial charge is 0.256 e. The molecule has 0 saturated carbocycles. The van der Waals surface area contributed by atoms with Gasteiger partial charge in [-0.25, -0.2) is 0 Å². The lowest BCUT2D eigenvalue weighted by atomic mass is 9.88. The Kier molecular flexibility index (Phi) is 3.42. The first kappa shape index (κ1) is 17.9. The summed E-state index contributed by atoms with van der Waals surface area (Å²) in [4.78, 5) is 9.39. The summed E-state index contributed by atoms with van der Waals surface area (Å²) in [6.07, 6.45) is 3.76. The Morgan fingerprint density at radius 1 is 0.382 bits per heavy atom. The fourth-order valence-electron chi connectivity index (χ4n) is 5.87. The highest BCUT2D eigenvalue weighted by Gasteiger charge is 2.24. The normalized spacial score (nSPS) is 12.1. The predicted molar refractivity (Wildman–Crippen MR) is 142 cm³/mol. The molecule has 0 fully saturated rings. The fraction of sp³-hybridized carbons (Fsp3) is 0. The van der Waals surface area contributed by atoms with Crippen molar-refractivity contribution in [1.29, 1.82) is 0 Å². The quantitative estimate of drug-likeness (QED) is 0.244. The molecule has 34 heavy (non-hydrogen) atoms. The van der Waals surface area contributed by atoms with E-state index >= 15 is 0 Å². The van der Waals surface area contributed by atoms with Gasteiger partial charge in [0.25, 0.3) is 0 Å². The molecule has 2 heteroatoms. The average Bonchev–Trinajstić information content (AvgIpc) is 3.23. The third kappa shape index (κ3) is 2.24. The first-order valence-corrected chi connectivity index (χ1v) is 11.6. The minimum atomic E-state index is 1.02. The molecule has 5 aromatic carbocycles. The summed E-state index contributed by atoms with van der Waals surface area (Å²) in [5.41, 5.74) is 8.31. The molecule has 0 amide bonds. The summed E-state index contributed by atoms with van der Waals surface area (Å²) in [6.45, 7) is 0. The van der Waals surface area contributed by atoms with Crippen molar-refractivity contribution in [3.8, 4) is 33.5 Å². The minimum Gasteiger partial charge on any atom is -0.256 e. The highest BCUT2D eigenvalue weighted by atomic mass is 14.7. The van der Waals surface area contributed by atoms with Crippen molar-refractivity contribution < 1.29 is 0 Å². The van der Waals surface area contributed by atoms with E-state index in [4.69, 9.17) is 4.98 Å². The van der Waals surface area contributed by atoms with E-state index in [0.717, 1.165) is 11.2 Å². The van der Waals surface area contributed by atoms with E-state index in [-0.39, 0.29) is 0 Å². The van der Waals surface area contributed by atoms with Gasteiger partial charge in [0.2, 0.25) is 0 Å². The molecule has 1 aliphatic carbocycles. The summed E-state index contributed by atoms with van der Waals surface area (Å²) in [6, 6.07) is 35.0. The first-order valence-electron chi connectivity index (χ1n) is 11.6. The zero-order chi connectivity index (χ0) is 22.2. The van der Waals surface area contributed by atoms with Gasteiger partial charge in [-0.3, -0.25) is 9.97 Å². The number of aromatic nitrogens is 2. The number of pyridine rings is 2. The standard InChI is InChI=1S/C32H18N2/c1-2-8-20-19(7-1)26(21-9-4-14-30-22(21)12-5-15-33-30)17-28-24-11-3-10-23-25-13-6-16-34-32(25)29(31(23)24)18-27(20)28/h1-18H. The molecule has 0 unspecified atom stereocenters. The Morgan fingerprint density at radius 2 is 1.06 bits per heavy atom. The third-order valence-electron chi connectivity index (χ3n) is 7.29. The Morgan fingerprint density at radius 3 is 2.03 bits per heavy atom. The zero-order valence-electron chi connectivity index (χ0n) is 18.3. The molecule has 0 saturated heterocycles. The summed E-state index contributed by atoms with van der Waals surface area (Å²) >= 11 is 0. The Bertz CT molecular complexity index is 1960. The van der Waals surface area contributed by atoms with Gasteiger partial charge in [-0.15, -0.1) is 0 Å². The Labute approximate surface area is 196 Å². The number of hydrogen-bond acceptors (Lipinski definition) is 2. The molecule has 0 bridgehead atoms. The van der Waals surface area contributed by atoms with Gasteiger partial charge in [-0.1, -0.05) is 66.7 Å². The van der Waals surface area contributed by atoms with Crippen LogP contribution in [0.2, 0.25) is 0 Å². The van der Waals surface area contributed by atoms with Crippen molar-refractivity contribution in [2.75, 3.05) is 0 Å². The second kappa shape index (κ2) is 6.49. The van der Waals surface area contributed by atoms with Gasteiger partial charge in [-0.05, 0) is 79.3 Å². The van der Waals surface area contributed by atoms with Crippen molar-refractivity contribution in [1.82, 2.24) is 9.97 Å². The monoisotopic (exact) mass is 430 g/mol. The molecule has 8 rings (SSSR count). The SMILES string of the molecule is c1cnc2c(c1)-c1cccc3c1c-2cc1c2ccccc2c(-c2cccc4ncccc24)cc31. The van der Waals surface area contributed by atoms with Gasteiger partial charge < -0.3 is 0 Å². The highest BCUT2D eigenvalue weighted by Crippen LogP contribution is 2.50. The molecular formula is C32H18N2. The molecule has 0 atom stereocenters. The smallest absolute Gasteiger partial charge is 0.0787 e. The van der Waals surface area contributed by atoms with Crippen molar-refractivity contribution in [2.45, 2.75) is 0 Å². The van der Waals surface area contributed by atoms with E-state index in [1.54, 1.807) is 0 Å². The van der Waals surface area contributed by atoms with Gasteiger partial charge in [0.05, 0.1) is 11.2 Å². The van der Waals surface area contributed by atoms with Crippen LogP contribution in [0.4, 0.5) is 0 Å². The summed E-state index contributed by atoms with van der Waals surface area (Å²) in [7, 11) is 0. The maximum absolute atomic E-state index is 4.78. The van der Waals surface area contributed by atoms with E-state index in [2.05, 4.69) is 89.9 Å². The first-order chi connectivity index (χ1) is 16.9. The Balaban J connectivity index is 1.59. The maximum atomic E-state index is 4.78. The molecular weight excluding hydrogens is 412 g/mol. The van der Waals surface area contributed by atoms with Crippen molar-refractivity contribution in [2.24, 2.45) is 0 Å². The van der Waals surface area contributed by atoms with E-state index < -0.39 is 0 Å². The maximum Gasteiger partial charge on any atom is 0.0787 e. The van der Waals surface area contributed by atoms with Crippen molar-refractivity contribution >= 4 is 43.2 Å². The van der Waals surface area contributed by atoms with Crippen LogP contribution < -0.4 is 0 Å². The lowest BCUT2D eigenvalue weighted by Gasteiger charge is -2.15. The Hall–Kier alpha value is -4.56. The van der Waals surface area contributed by atoms with Gasteiger partial charge in [0.1, 0.15) is 0 Å². The van der Waals surface area contributed by atoms with E-state index in [0.29, 0.717) is 0 Å². The number of fused-ring (bicyclic) bond motifs is 8. The van der Waals surface area contributed by atoms with Crippen LogP contribution in [-0.4, -0.2) is 9.97 Å². The molecule has 2 nitrogen and oxygen atoms in total. The lowest BCUT2D eigenvalue weighted by molar-refractivity contribution is 1.35. The second-order valence-corrected chi connectivity index (χ2v) is 8.99. The molecule has 0 aliphatic heterocycles. The molecule has 2 aromatic heterocycles. The molecule has 0 radical (unpaired) electrons. The molecule has 0 spiro atoms. The van der Waals surface area contributed by atoms with Crippen LogP contribution in [0.3, 0.4) is 0 Å². The second-order valence-electron chi connectivity index (χ2n) is 8.99. The number of hydrogen-bond donors (Lipinski definition) is 0.